The maximum Gasteiger partial charge on any atom is 0.313 e. The minimum Gasteiger partial charge on any atom is -0.489 e. The van der Waals surface area contributed by atoms with Crippen LogP contribution in [-0.4, -0.2) is 21.8 Å². The maximum atomic E-state index is 11.1. The van der Waals surface area contributed by atoms with Crippen LogP contribution in [0.25, 0.3) is 21.2 Å². The second-order valence-electron chi connectivity index (χ2n) is 7.02. The van der Waals surface area contributed by atoms with E-state index in [0.29, 0.717) is 6.61 Å². The molecule has 0 amide bonds. The molecule has 0 atom stereocenters. The largest absolute Gasteiger partial charge is 0.489 e. The van der Waals surface area contributed by atoms with Crippen LogP contribution in [0.5, 0.6) is 5.75 Å². The standard InChI is InChI=1S/C25H21NO3S2/c1-17-6-8-19(9-7-17)15-29-20-12-10-18(11-13-20)14-23(30-16-24(27)28)25-26-21-4-2-3-5-22(21)31-25/h2-14H,15-16H2,1H3,(H,27,28)/b23-14-. The Hall–Kier alpha value is -3.09. The molecular formula is C25H21NO3S2. The van der Waals surface area contributed by atoms with Gasteiger partial charge in [0, 0.05) is 4.91 Å². The summed E-state index contributed by atoms with van der Waals surface area (Å²) in [6.07, 6.45) is 1.98. The van der Waals surface area contributed by atoms with Gasteiger partial charge in [-0.25, -0.2) is 4.98 Å². The molecule has 1 aromatic heterocycles. The number of para-hydroxylation sites is 1. The molecule has 0 aliphatic carbocycles. The first-order valence-electron chi connectivity index (χ1n) is 9.77. The molecule has 1 heterocycles. The molecule has 156 valence electrons. The first-order valence-corrected chi connectivity index (χ1v) is 11.6. The number of carboxylic acids is 1. The van der Waals surface area contributed by atoms with E-state index >= 15 is 0 Å². The van der Waals surface area contributed by atoms with Crippen molar-refractivity contribution in [2.24, 2.45) is 0 Å². The van der Waals surface area contributed by atoms with Crippen LogP contribution in [0.3, 0.4) is 0 Å². The van der Waals surface area contributed by atoms with Crippen molar-refractivity contribution < 1.29 is 14.6 Å². The van der Waals surface area contributed by atoms with E-state index in [9.17, 15) is 4.79 Å². The number of aromatic nitrogens is 1. The van der Waals surface area contributed by atoms with Gasteiger partial charge >= 0.3 is 5.97 Å². The fraction of sp³-hybridized carbons (Fsp3) is 0.120. The number of thiazole rings is 1. The van der Waals surface area contributed by atoms with Crippen molar-refractivity contribution in [1.29, 1.82) is 0 Å². The van der Waals surface area contributed by atoms with Gasteiger partial charge in [0.1, 0.15) is 17.4 Å². The molecule has 0 unspecified atom stereocenters. The summed E-state index contributed by atoms with van der Waals surface area (Å²) in [5.74, 6) is -0.0752. The topological polar surface area (TPSA) is 59.4 Å². The van der Waals surface area contributed by atoms with Gasteiger partial charge in [-0.15, -0.1) is 23.1 Å². The Bertz CT molecular complexity index is 1180. The molecule has 0 spiro atoms. The first-order chi connectivity index (χ1) is 15.1. The number of benzene rings is 3. The Morgan fingerprint density at radius 2 is 1.81 bits per heavy atom. The van der Waals surface area contributed by atoms with Crippen molar-refractivity contribution in [3.8, 4) is 5.75 Å². The van der Waals surface area contributed by atoms with Crippen LogP contribution in [-0.2, 0) is 11.4 Å². The number of thioether (sulfide) groups is 1. The third-order valence-corrected chi connectivity index (χ3v) is 6.77. The minimum absolute atomic E-state index is 0.0144. The molecule has 1 N–H and O–H groups in total. The lowest BCUT2D eigenvalue weighted by Crippen LogP contribution is -1.98. The number of nitrogens with zero attached hydrogens (tertiary/aromatic N) is 1. The van der Waals surface area contributed by atoms with Crippen molar-refractivity contribution in [3.05, 3.63) is 94.5 Å². The average Bonchev–Trinajstić information content (AvgIpc) is 3.21. The molecule has 4 rings (SSSR count). The van der Waals surface area contributed by atoms with Gasteiger partial charge in [-0.1, -0.05) is 54.1 Å². The maximum absolute atomic E-state index is 11.1. The second kappa shape index (κ2) is 9.81. The normalized spacial score (nSPS) is 11.6. The van der Waals surface area contributed by atoms with E-state index in [1.807, 2.05) is 54.6 Å². The fourth-order valence-electron chi connectivity index (χ4n) is 2.94. The molecule has 31 heavy (non-hydrogen) atoms. The van der Waals surface area contributed by atoms with Crippen molar-refractivity contribution in [2.45, 2.75) is 13.5 Å². The number of hydrogen-bond donors (Lipinski definition) is 1. The summed E-state index contributed by atoms with van der Waals surface area (Å²) < 4.78 is 6.96. The molecule has 4 aromatic rings. The zero-order chi connectivity index (χ0) is 21.6. The summed E-state index contributed by atoms with van der Waals surface area (Å²) in [6, 6.07) is 24.0. The SMILES string of the molecule is Cc1ccc(COc2ccc(/C=C(\SCC(=O)O)c3nc4ccccc4s3)cc2)cc1. The van der Waals surface area contributed by atoms with Crippen LogP contribution in [0.15, 0.2) is 72.8 Å². The van der Waals surface area contributed by atoms with E-state index in [1.54, 1.807) is 11.3 Å². The van der Waals surface area contributed by atoms with Crippen molar-refractivity contribution in [2.75, 3.05) is 5.75 Å². The Kier molecular flexibility index (Phi) is 6.70. The van der Waals surface area contributed by atoms with Gasteiger partial charge in [0.2, 0.25) is 0 Å². The number of carbonyl (C=O) groups is 1. The highest BCUT2D eigenvalue weighted by molar-refractivity contribution is 8.09. The van der Waals surface area contributed by atoms with E-state index in [-0.39, 0.29) is 5.75 Å². The number of hydrogen-bond acceptors (Lipinski definition) is 5. The van der Waals surface area contributed by atoms with E-state index in [1.165, 1.54) is 17.3 Å². The summed E-state index contributed by atoms with van der Waals surface area (Å²) in [4.78, 5) is 16.7. The van der Waals surface area contributed by atoms with E-state index in [2.05, 4.69) is 36.2 Å². The molecule has 0 aliphatic heterocycles. The smallest absolute Gasteiger partial charge is 0.313 e. The second-order valence-corrected chi connectivity index (χ2v) is 9.07. The number of aryl methyl sites for hydroxylation is 1. The van der Waals surface area contributed by atoms with Gasteiger partial charge < -0.3 is 9.84 Å². The molecule has 0 fully saturated rings. The molecule has 6 heteroatoms. The molecule has 0 saturated carbocycles. The monoisotopic (exact) mass is 447 g/mol. The highest BCUT2D eigenvalue weighted by atomic mass is 32.2. The lowest BCUT2D eigenvalue weighted by atomic mass is 10.2. The van der Waals surface area contributed by atoms with Gasteiger partial charge in [0.05, 0.1) is 16.0 Å². The summed E-state index contributed by atoms with van der Waals surface area (Å²) in [7, 11) is 0. The molecule has 0 aliphatic rings. The number of fused-ring (bicyclic) bond motifs is 1. The quantitative estimate of drug-likeness (QED) is 0.334. The number of ether oxygens (including phenoxy) is 1. The molecule has 3 aromatic carbocycles. The molecule has 0 radical (unpaired) electrons. The number of carboxylic acid groups (broad SMARTS) is 1. The Morgan fingerprint density at radius 3 is 2.52 bits per heavy atom. The van der Waals surface area contributed by atoms with Crippen LogP contribution >= 0.6 is 23.1 Å². The predicted octanol–water partition coefficient (Wildman–Crippen LogP) is 6.50. The summed E-state index contributed by atoms with van der Waals surface area (Å²) in [5.41, 5.74) is 4.24. The van der Waals surface area contributed by atoms with Gasteiger partial charge in [0.25, 0.3) is 0 Å². The first kappa shape index (κ1) is 21.2. The Morgan fingerprint density at radius 1 is 1.06 bits per heavy atom. The number of rotatable bonds is 8. The van der Waals surface area contributed by atoms with E-state index in [0.717, 1.165) is 37.0 Å². The zero-order valence-electron chi connectivity index (χ0n) is 16.9. The zero-order valence-corrected chi connectivity index (χ0v) is 18.6. The fourth-order valence-corrected chi connectivity index (χ4v) is 4.79. The Balaban J connectivity index is 1.52. The van der Waals surface area contributed by atoms with Crippen LogP contribution in [0.4, 0.5) is 0 Å². The van der Waals surface area contributed by atoms with Crippen molar-refractivity contribution in [1.82, 2.24) is 4.98 Å². The van der Waals surface area contributed by atoms with Gasteiger partial charge in [-0.05, 0) is 48.4 Å². The lowest BCUT2D eigenvalue weighted by molar-refractivity contribution is -0.133. The van der Waals surface area contributed by atoms with Crippen molar-refractivity contribution in [3.63, 3.8) is 0 Å². The van der Waals surface area contributed by atoms with Crippen LogP contribution < -0.4 is 4.74 Å². The minimum atomic E-state index is -0.850. The molecular weight excluding hydrogens is 426 g/mol. The molecule has 0 saturated heterocycles. The summed E-state index contributed by atoms with van der Waals surface area (Å²) in [5, 5.41) is 9.96. The third kappa shape index (κ3) is 5.75. The Labute approximate surface area is 189 Å². The van der Waals surface area contributed by atoms with Crippen molar-refractivity contribution >= 4 is 50.3 Å². The van der Waals surface area contributed by atoms with Gasteiger partial charge in [0.15, 0.2) is 0 Å². The predicted molar refractivity (Wildman–Crippen MR) is 130 cm³/mol. The average molecular weight is 448 g/mol. The van der Waals surface area contributed by atoms with Crippen LogP contribution in [0, 0.1) is 6.92 Å². The van der Waals surface area contributed by atoms with E-state index in [4.69, 9.17) is 9.84 Å². The summed E-state index contributed by atoms with van der Waals surface area (Å²) in [6.45, 7) is 2.58. The van der Waals surface area contributed by atoms with Gasteiger partial charge in [-0.3, -0.25) is 4.79 Å². The van der Waals surface area contributed by atoms with E-state index < -0.39 is 5.97 Å². The highest BCUT2D eigenvalue weighted by Gasteiger charge is 2.12. The highest BCUT2D eigenvalue weighted by Crippen LogP contribution is 2.35. The number of aliphatic carboxylic acids is 1. The summed E-state index contributed by atoms with van der Waals surface area (Å²) >= 11 is 2.85. The van der Waals surface area contributed by atoms with Crippen LogP contribution in [0.1, 0.15) is 21.7 Å². The molecule has 4 nitrogen and oxygen atoms in total. The third-order valence-electron chi connectivity index (χ3n) is 4.56. The van der Waals surface area contributed by atoms with Gasteiger partial charge in [-0.2, -0.15) is 0 Å². The lowest BCUT2D eigenvalue weighted by Gasteiger charge is -2.07. The van der Waals surface area contributed by atoms with Crippen LogP contribution in [0.2, 0.25) is 0 Å². The molecule has 0 bridgehead atoms.